The van der Waals surface area contributed by atoms with Crippen molar-refractivity contribution in [1.29, 1.82) is 0 Å². The van der Waals surface area contributed by atoms with Crippen LogP contribution in [0.25, 0.3) is 0 Å². The van der Waals surface area contributed by atoms with Crippen LogP contribution in [0.1, 0.15) is 26.7 Å². The van der Waals surface area contributed by atoms with Crippen LogP contribution in [0.15, 0.2) is 30.3 Å². The molecule has 1 aliphatic rings. The van der Waals surface area contributed by atoms with Crippen LogP contribution in [0.3, 0.4) is 0 Å². The van der Waals surface area contributed by atoms with Gasteiger partial charge >= 0.3 is 0 Å². The lowest BCUT2D eigenvalue weighted by Gasteiger charge is -2.26. The zero-order chi connectivity index (χ0) is 12.8. The van der Waals surface area contributed by atoms with E-state index < -0.39 is 0 Å². The third kappa shape index (κ3) is 3.72. The monoisotopic (exact) mass is 248 g/mol. The Morgan fingerprint density at radius 1 is 1.22 bits per heavy atom. The molecular weight excluding hydrogens is 224 g/mol. The van der Waals surface area contributed by atoms with Crippen LogP contribution in [-0.2, 0) is 4.74 Å². The molecule has 0 saturated carbocycles. The molecule has 100 valence electrons. The molecule has 1 aromatic rings. The fraction of sp³-hybridized carbons (Fsp3) is 0.600. The average molecular weight is 248 g/mol. The van der Waals surface area contributed by atoms with Gasteiger partial charge in [-0.15, -0.1) is 0 Å². The molecule has 1 heterocycles. The summed E-state index contributed by atoms with van der Waals surface area (Å²) in [6.07, 6.45) is 2.25. The molecule has 1 fully saturated rings. The quantitative estimate of drug-likeness (QED) is 0.759. The van der Waals surface area contributed by atoms with E-state index in [0.29, 0.717) is 6.04 Å². The average Bonchev–Trinajstić information content (AvgIpc) is 2.70. The Hall–Kier alpha value is -1.06. The second kappa shape index (κ2) is 6.21. The first-order valence-electron chi connectivity index (χ1n) is 6.85. The van der Waals surface area contributed by atoms with Crippen LogP contribution in [0.5, 0.6) is 0 Å². The number of ether oxygens (including phenoxy) is 1. The minimum absolute atomic E-state index is 0.00708. The predicted octanol–water partition coefficient (Wildman–Crippen LogP) is 2.65. The van der Waals surface area contributed by atoms with Gasteiger partial charge in [0.25, 0.3) is 0 Å². The SMILES string of the molecule is CC1(C)OCCC1NCCCNc1ccccc1. The molecule has 1 aromatic carbocycles. The van der Waals surface area contributed by atoms with Gasteiger partial charge < -0.3 is 15.4 Å². The van der Waals surface area contributed by atoms with E-state index in [0.717, 1.165) is 32.5 Å². The summed E-state index contributed by atoms with van der Waals surface area (Å²) in [4.78, 5) is 0. The lowest BCUT2D eigenvalue weighted by molar-refractivity contribution is 0.0218. The molecule has 2 rings (SSSR count). The molecule has 0 radical (unpaired) electrons. The van der Waals surface area contributed by atoms with E-state index in [-0.39, 0.29) is 5.60 Å². The van der Waals surface area contributed by atoms with Gasteiger partial charge in [-0.1, -0.05) is 18.2 Å². The topological polar surface area (TPSA) is 33.3 Å². The van der Waals surface area contributed by atoms with Crippen LogP contribution in [0.2, 0.25) is 0 Å². The van der Waals surface area contributed by atoms with Crippen molar-refractivity contribution < 1.29 is 4.74 Å². The summed E-state index contributed by atoms with van der Waals surface area (Å²) in [5, 5.41) is 7.01. The van der Waals surface area contributed by atoms with Crippen molar-refractivity contribution in [1.82, 2.24) is 5.32 Å². The highest BCUT2D eigenvalue weighted by atomic mass is 16.5. The molecule has 0 amide bonds. The molecule has 2 N–H and O–H groups in total. The van der Waals surface area contributed by atoms with Crippen LogP contribution in [0, 0.1) is 0 Å². The zero-order valence-corrected chi connectivity index (χ0v) is 11.4. The highest BCUT2D eigenvalue weighted by molar-refractivity contribution is 5.42. The first-order valence-corrected chi connectivity index (χ1v) is 6.85. The van der Waals surface area contributed by atoms with Crippen molar-refractivity contribution in [3.05, 3.63) is 30.3 Å². The molecule has 3 nitrogen and oxygen atoms in total. The lowest BCUT2D eigenvalue weighted by atomic mass is 9.99. The Labute approximate surface area is 110 Å². The van der Waals surface area contributed by atoms with Crippen LogP contribution in [-0.4, -0.2) is 31.3 Å². The fourth-order valence-corrected chi connectivity index (χ4v) is 2.39. The predicted molar refractivity (Wildman–Crippen MR) is 76.0 cm³/mol. The van der Waals surface area contributed by atoms with Gasteiger partial charge in [0.2, 0.25) is 0 Å². The van der Waals surface area contributed by atoms with Crippen molar-refractivity contribution >= 4 is 5.69 Å². The summed E-state index contributed by atoms with van der Waals surface area (Å²) < 4.78 is 5.70. The maximum absolute atomic E-state index is 5.70. The highest BCUT2D eigenvalue weighted by Gasteiger charge is 2.34. The minimum Gasteiger partial charge on any atom is -0.385 e. The zero-order valence-electron chi connectivity index (χ0n) is 11.4. The summed E-state index contributed by atoms with van der Waals surface area (Å²) in [5.41, 5.74) is 1.19. The van der Waals surface area contributed by atoms with Gasteiger partial charge in [-0.05, 0) is 45.4 Å². The van der Waals surface area contributed by atoms with E-state index in [1.54, 1.807) is 0 Å². The molecule has 1 aliphatic heterocycles. The molecule has 0 spiro atoms. The minimum atomic E-state index is -0.00708. The van der Waals surface area contributed by atoms with Gasteiger partial charge in [-0.25, -0.2) is 0 Å². The smallest absolute Gasteiger partial charge is 0.0779 e. The number of para-hydroxylation sites is 1. The number of hydrogen-bond donors (Lipinski definition) is 2. The number of benzene rings is 1. The van der Waals surface area contributed by atoms with Crippen LogP contribution < -0.4 is 10.6 Å². The fourth-order valence-electron chi connectivity index (χ4n) is 2.39. The second-order valence-corrected chi connectivity index (χ2v) is 5.39. The van der Waals surface area contributed by atoms with Gasteiger partial charge in [-0.2, -0.15) is 0 Å². The molecule has 3 heteroatoms. The third-order valence-corrected chi connectivity index (χ3v) is 3.57. The molecule has 1 unspecified atom stereocenters. The van der Waals surface area contributed by atoms with Crippen molar-refractivity contribution in [2.45, 2.75) is 38.3 Å². The second-order valence-electron chi connectivity index (χ2n) is 5.39. The van der Waals surface area contributed by atoms with Gasteiger partial charge in [0.05, 0.1) is 5.60 Å². The summed E-state index contributed by atoms with van der Waals surface area (Å²) in [6.45, 7) is 7.26. The molecule has 1 saturated heterocycles. The summed E-state index contributed by atoms with van der Waals surface area (Å²) in [7, 11) is 0. The van der Waals surface area contributed by atoms with E-state index in [1.807, 2.05) is 6.07 Å². The maximum Gasteiger partial charge on any atom is 0.0779 e. The number of nitrogens with one attached hydrogen (secondary N) is 2. The maximum atomic E-state index is 5.70. The number of rotatable bonds is 6. The molecular formula is C15H24N2O. The van der Waals surface area contributed by atoms with E-state index in [9.17, 15) is 0 Å². The van der Waals surface area contributed by atoms with Crippen LogP contribution >= 0.6 is 0 Å². The van der Waals surface area contributed by atoms with Gasteiger partial charge in [0.1, 0.15) is 0 Å². The number of hydrogen-bond acceptors (Lipinski definition) is 3. The van der Waals surface area contributed by atoms with Crippen molar-refractivity contribution in [3.8, 4) is 0 Å². The van der Waals surface area contributed by atoms with E-state index in [4.69, 9.17) is 4.74 Å². The van der Waals surface area contributed by atoms with Crippen molar-refractivity contribution in [2.24, 2.45) is 0 Å². The van der Waals surface area contributed by atoms with Gasteiger partial charge in [0, 0.05) is 24.9 Å². The summed E-state index contributed by atoms with van der Waals surface area (Å²) in [5.74, 6) is 0. The Kier molecular flexibility index (Phi) is 4.61. The Bertz CT molecular complexity index is 351. The standard InChI is InChI=1S/C15H24N2O/c1-15(2)14(9-12-18-15)17-11-6-10-16-13-7-4-3-5-8-13/h3-5,7-8,14,16-17H,6,9-12H2,1-2H3. The number of anilines is 1. The highest BCUT2D eigenvalue weighted by Crippen LogP contribution is 2.24. The summed E-state index contributed by atoms with van der Waals surface area (Å²) in [6, 6.07) is 10.8. The first kappa shape index (κ1) is 13.4. The molecule has 0 aromatic heterocycles. The van der Waals surface area contributed by atoms with Crippen molar-refractivity contribution in [2.75, 3.05) is 25.0 Å². The van der Waals surface area contributed by atoms with E-state index >= 15 is 0 Å². The third-order valence-electron chi connectivity index (χ3n) is 3.57. The molecule has 0 aliphatic carbocycles. The first-order chi connectivity index (χ1) is 8.68. The Morgan fingerprint density at radius 2 is 2.00 bits per heavy atom. The van der Waals surface area contributed by atoms with Crippen LogP contribution in [0.4, 0.5) is 5.69 Å². The Balaban J connectivity index is 1.59. The molecule has 18 heavy (non-hydrogen) atoms. The van der Waals surface area contributed by atoms with Gasteiger partial charge in [0.15, 0.2) is 0 Å². The normalized spacial score (nSPS) is 22.0. The van der Waals surface area contributed by atoms with Crippen molar-refractivity contribution in [3.63, 3.8) is 0 Å². The largest absolute Gasteiger partial charge is 0.385 e. The Morgan fingerprint density at radius 3 is 2.67 bits per heavy atom. The molecule has 1 atom stereocenters. The molecule has 0 bridgehead atoms. The lowest BCUT2D eigenvalue weighted by Crippen LogP contribution is -2.43. The van der Waals surface area contributed by atoms with E-state index in [1.165, 1.54) is 5.69 Å². The summed E-state index contributed by atoms with van der Waals surface area (Å²) >= 11 is 0. The van der Waals surface area contributed by atoms with E-state index in [2.05, 4.69) is 48.7 Å². The van der Waals surface area contributed by atoms with Gasteiger partial charge in [-0.3, -0.25) is 0 Å².